The highest BCUT2D eigenvalue weighted by Gasteiger charge is 2.24. The predicted octanol–water partition coefficient (Wildman–Crippen LogP) is 9.92. The Kier molecular flexibility index (Phi) is 13.2. The molecule has 0 heterocycles. The Bertz CT molecular complexity index is 551. The van der Waals surface area contributed by atoms with Gasteiger partial charge >= 0.3 is 6.00 Å². The number of unbranched alkanes of at least 4 members (excludes halogenated alkanes) is 7. The van der Waals surface area contributed by atoms with Crippen molar-refractivity contribution in [1.29, 1.82) is 0 Å². The molecule has 0 saturated heterocycles. The maximum absolute atomic E-state index is 5.91. The van der Waals surface area contributed by atoms with E-state index in [0.717, 1.165) is 24.0 Å². The molecule has 1 aromatic rings. The van der Waals surface area contributed by atoms with E-state index in [4.69, 9.17) is 38.0 Å². The van der Waals surface area contributed by atoms with Crippen molar-refractivity contribution in [2.24, 2.45) is 5.92 Å². The van der Waals surface area contributed by atoms with Crippen LogP contribution in [0.25, 0.3) is 0 Å². The first-order valence-electron chi connectivity index (χ1n) is 12.3. The average molecular weight is 492 g/mol. The molecule has 1 fully saturated rings. The lowest BCUT2D eigenvalue weighted by Gasteiger charge is -2.29. The molecule has 0 atom stereocenters. The van der Waals surface area contributed by atoms with Crippen molar-refractivity contribution >= 4 is 39.2 Å². The minimum Gasteiger partial charge on any atom is -0.494 e. The fraction of sp³-hybridized carbons (Fsp3) is 0.760. The Balaban J connectivity index is 1.56. The van der Waals surface area contributed by atoms with Gasteiger partial charge in [0.1, 0.15) is 5.75 Å². The van der Waals surface area contributed by atoms with Crippen LogP contribution in [0.3, 0.4) is 0 Å². The average Bonchev–Trinajstić information content (AvgIpc) is 2.73. The fourth-order valence-corrected chi connectivity index (χ4v) is 6.40. The van der Waals surface area contributed by atoms with Gasteiger partial charge < -0.3 is 4.74 Å². The summed E-state index contributed by atoms with van der Waals surface area (Å²) in [4.78, 5) is 0. The van der Waals surface area contributed by atoms with Crippen LogP contribution in [0.5, 0.6) is 5.75 Å². The normalized spacial score (nSPS) is 19.7. The first-order valence-corrected chi connectivity index (χ1v) is 17.5. The zero-order valence-corrected chi connectivity index (χ0v) is 22.1. The Hall–Kier alpha value is 0.107. The van der Waals surface area contributed by atoms with Gasteiger partial charge in [-0.1, -0.05) is 76.8 Å². The van der Waals surface area contributed by atoms with Gasteiger partial charge in [-0.05, 0) is 67.7 Å². The van der Waals surface area contributed by atoms with Gasteiger partial charge in [-0.25, -0.2) is 0 Å². The summed E-state index contributed by atoms with van der Waals surface area (Å²) in [6.07, 6.45) is 19.2. The third-order valence-corrected chi connectivity index (χ3v) is 9.16. The van der Waals surface area contributed by atoms with Gasteiger partial charge in [-0.15, -0.1) is 33.2 Å². The molecule has 2 rings (SSSR count). The number of rotatable bonds is 15. The molecule has 0 spiro atoms. The second-order valence-corrected chi connectivity index (χ2v) is 18.4. The van der Waals surface area contributed by atoms with Crippen LogP contribution in [-0.2, 0) is 0 Å². The second kappa shape index (κ2) is 15.0. The van der Waals surface area contributed by atoms with E-state index >= 15 is 0 Å². The zero-order chi connectivity index (χ0) is 21.7. The SMILES string of the molecule is CCCCCCCCCCC1CCC(c2ccc(OCCC[Si](Cl)(Cl)Cl)cc2)CC1. The summed E-state index contributed by atoms with van der Waals surface area (Å²) in [7, 11) is 0. The third kappa shape index (κ3) is 11.6. The third-order valence-electron chi connectivity index (χ3n) is 6.54. The van der Waals surface area contributed by atoms with E-state index < -0.39 is 6.00 Å². The molecule has 30 heavy (non-hydrogen) atoms. The lowest BCUT2D eigenvalue weighted by molar-refractivity contribution is 0.301. The van der Waals surface area contributed by atoms with Crippen molar-refractivity contribution < 1.29 is 4.74 Å². The largest absolute Gasteiger partial charge is 0.494 e. The summed E-state index contributed by atoms with van der Waals surface area (Å²) >= 11 is 17.7. The molecule has 0 radical (unpaired) electrons. The number of hydrogen-bond donors (Lipinski definition) is 0. The molecule has 1 saturated carbocycles. The fourth-order valence-electron chi connectivity index (χ4n) is 4.65. The van der Waals surface area contributed by atoms with Crippen LogP contribution in [0, 0.1) is 5.92 Å². The van der Waals surface area contributed by atoms with Gasteiger partial charge in [-0.2, -0.15) is 0 Å². The maximum Gasteiger partial charge on any atom is 0.341 e. The van der Waals surface area contributed by atoms with Crippen molar-refractivity contribution in [3.63, 3.8) is 0 Å². The van der Waals surface area contributed by atoms with Crippen molar-refractivity contribution in [1.82, 2.24) is 0 Å². The number of halogens is 3. The summed E-state index contributed by atoms with van der Waals surface area (Å²) in [5, 5.41) is 0. The molecule has 1 aliphatic rings. The van der Waals surface area contributed by atoms with Gasteiger partial charge in [-0.3, -0.25) is 0 Å². The van der Waals surface area contributed by atoms with E-state index in [-0.39, 0.29) is 0 Å². The molecular weight excluding hydrogens is 451 g/mol. The van der Waals surface area contributed by atoms with E-state index in [9.17, 15) is 0 Å². The molecule has 0 N–H and O–H groups in total. The lowest BCUT2D eigenvalue weighted by atomic mass is 9.77. The van der Waals surface area contributed by atoms with E-state index in [1.807, 2.05) is 0 Å². The molecule has 0 unspecified atom stereocenters. The second-order valence-electron chi connectivity index (χ2n) is 9.12. The summed E-state index contributed by atoms with van der Waals surface area (Å²) in [6, 6.07) is 6.85. The highest BCUT2D eigenvalue weighted by Crippen LogP contribution is 2.38. The van der Waals surface area contributed by atoms with Crippen molar-refractivity contribution in [2.45, 2.75) is 109 Å². The molecule has 5 heteroatoms. The minimum atomic E-state index is -2.52. The van der Waals surface area contributed by atoms with Gasteiger partial charge in [0, 0.05) is 0 Å². The lowest BCUT2D eigenvalue weighted by Crippen LogP contribution is -2.13. The Morgan fingerprint density at radius 1 is 0.800 bits per heavy atom. The van der Waals surface area contributed by atoms with Crippen LogP contribution in [0.4, 0.5) is 0 Å². The Morgan fingerprint density at radius 2 is 1.40 bits per heavy atom. The molecule has 1 nitrogen and oxygen atoms in total. The van der Waals surface area contributed by atoms with E-state index in [2.05, 4.69) is 31.2 Å². The molecule has 1 aromatic carbocycles. The monoisotopic (exact) mass is 490 g/mol. The van der Waals surface area contributed by atoms with Crippen LogP contribution in [-0.4, -0.2) is 12.6 Å². The molecule has 0 amide bonds. The standard InChI is InChI=1S/C25H41Cl3OSi/c1-2-3-4-5-6-7-8-9-11-22-12-14-23(15-13-22)24-16-18-25(19-17-24)29-20-10-21-30(26,27)28/h16-19,22-23H,2-15,20-21H2,1H3. The van der Waals surface area contributed by atoms with Crippen LogP contribution in [0.1, 0.15) is 108 Å². The zero-order valence-electron chi connectivity index (χ0n) is 18.8. The van der Waals surface area contributed by atoms with Crippen LogP contribution >= 0.6 is 33.2 Å². The highest BCUT2D eigenvalue weighted by molar-refractivity contribution is 7.64. The van der Waals surface area contributed by atoms with Crippen molar-refractivity contribution in [3.05, 3.63) is 29.8 Å². The Morgan fingerprint density at radius 3 is 2.00 bits per heavy atom. The first kappa shape index (κ1) is 26.4. The minimum absolute atomic E-state index is 0.615. The van der Waals surface area contributed by atoms with Crippen LogP contribution in [0.15, 0.2) is 24.3 Å². The molecular formula is C25H41Cl3OSi. The number of ether oxygens (including phenoxy) is 1. The van der Waals surface area contributed by atoms with Gasteiger partial charge in [0.05, 0.1) is 6.61 Å². The molecule has 172 valence electrons. The number of hydrogen-bond acceptors (Lipinski definition) is 1. The molecule has 1 aliphatic carbocycles. The van der Waals surface area contributed by atoms with Crippen LogP contribution in [0.2, 0.25) is 6.04 Å². The Labute approximate surface area is 200 Å². The van der Waals surface area contributed by atoms with Crippen molar-refractivity contribution in [3.8, 4) is 5.75 Å². The predicted molar refractivity (Wildman–Crippen MR) is 137 cm³/mol. The van der Waals surface area contributed by atoms with E-state index in [1.54, 1.807) is 0 Å². The molecule has 0 aliphatic heterocycles. The first-order chi connectivity index (χ1) is 14.5. The van der Waals surface area contributed by atoms with Crippen molar-refractivity contribution in [2.75, 3.05) is 6.61 Å². The van der Waals surface area contributed by atoms with E-state index in [0.29, 0.717) is 12.7 Å². The highest BCUT2D eigenvalue weighted by atomic mass is 35.8. The van der Waals surface area contributed by atoms with Gasteiger partial charge in [0.2, 0.25) is 0 Å². The summed E-state index contributed by atoms with van der Waals surface area (Å²) in [5.74, 6) is 2.61. The molecule has 0 bridgehead atoms. The summed E-state index contributed by atoms with van der Waals surface area (Å²) in [6.45, 7) is 2.91. The summed E-state index contributed by atoms with van der Waals surface area (Å²) in [5.41, 5.74) is 1.47. The van der Waals surface area contributed by atoms with Gasteiger partial charge in [0.15, 0.2) is 0 Å². The topological polar surface area (TPSA) is 9.23 Å². The number of benzene rings is 1. The smallest absolute Gasteiger partial charge is 0.341 e. The van der Waals surface area contributed by atoms with Crippen LogP contribution < -0.4 is 4.74 Å². The van der Waals surface area contributed by atoms with Gasteiger partial charge in [0.25, 0.3) is 0 Å². The van der Waals surface area contributed by atoms with E-state index in [1.165, 1.54) is 89.0 Å². The summed E-state index contributed by atoms with van der Waals surface area (Å²) < 4.78 is 5.80. The quantitative estimate of drug-likeness (QED) is 0.135. The maximum atomic E-state index is 5.91. The molecule has 0 aromatic heterocycles.